The highest BCUT2D eigenvalue weighted by atomic mass is 15.2. The molecule has 3 heteroatoms. The fourth-order valence-electron chi connectivity index (χ4n) is 4.00. The summed E-state index contributed by atoms with van der Waals surface area (Å²) >= 11 is 0. The van der Waals surface area contributed by atoms with Gasteiger partial charge in [-0.25, -0.2) is 0 Å². The van der Waals surface area contributed by atoms with Crippen LogP contribution in [0.5, 0.6) is 0 Å². The van der Waals surface area contributed by atoms with Gasteiger partial charge in [0.2, 0.25) is 0 Å². The predicted molar refractivity (Wildman–Crippen MR) is 84.9 cm³/mol. The highest BCUT2D eigenvalue weighted by Gasteiger charge is 2.35. The van der Waals surface area contributed by atoms with Crippen molar-refractivity contribution in [1.82, 2.24) is 10.2 Å². The minimum atomic E-state index is 0.645. The molecule has 1 aromatic rings. The van der Waals surface area contributed by atoms with E-state index in [4.69, 9.17) is 5.26 Å². The lowest BCUT2D eigenvalue weighted by molar-refractivity contribution is 0.0482. The molecule has 112 valence electrons. The zero-order chi connectivity index (χ0) is 14.8. The van der Waals surface area contributed by atoms with E-state index in [0.29, 0.717) is 6.04 Å². The first-order valence-corrected chi connectivity index (χ1v) is 8.12. The third-order valence-corrected chi connectivity index (χ3v) is 5.39. The Morgan fingerprint density at radius 1 is 1.29 bits per heavy atom. The zero-order valence-electron chi connectivity index (χ0n) is 13.1. The fraction of sp³-hybridized carbons (Fsp3) is 0.611. The number of nitriles is 1. The lowest BCUT2D eigenvalue weighted by atomic mass is 9.82. The van der Waals surface area contributed by atoms with Gasteiger partial charge in [0, 0.05) is 24.7 Å². The highest BCUT2D eigenvalue weighted by Crippen LogP contribution is 2.32. The number of hydrogen-bond acceptors (Lipinski definition) is 3. The number of hydrogen-bond donors (Lipinski definition) is 1. The fourth-order valence-corrected chi connectivity index (χ4v) is 4.00. The van der Waals surface area contributed by atoms with Crippen LogP contribution in [0.2, 0.25) is 0 Å². The van der Waals surface area contributed by atoms with E-state index in [1.165, 1.54) is 43.2 Å². The van der Waals surface area contributed by atoms with E-state index in [2.05, 4.69) is 36.3 Å². The van der Waals surface area contributed by atoms with Crippen molar-refractivity contribution in [2.75, 3.05) is 7.05 Å². The van der Waals surface area contributed by atoms with Gasteiger partial charge in [0.05, 0.1) is 11.6 Å². The van der Waals surface area contributed by atoms with Gasteiger partial charge in [-0.3, -0.25) is 0 Å². The summed E-state index contributed by atoms with van der Waals surface area (Å²) in [7, 11) is 2.30. The van der Waals surface area contributed by atoms with Gasteiger partial charge in [-0.15, -0.1) is 0 Å². The molecule has 2 aliphatic rings. The average molecular weight is 283 g/mol. The van der Waals surface area contributed by atoms with Gasteiger partial charge in [0.15, 0.2) is 0 Å². The number of nitrogens with one attached hydrogen (secondary N) is 1. The van der Waals surface area contributed by atoms with Crippen LogP contribution in [0.15, 0.2) is 18.2 Å². The van der Waals surface area contributed by atoms with E-state index < -0.39 is 0 Å². The van der Waals surface area contributed by atoms with Crippen LogP contribution in [0.4, 0.5) is 0 Å². The van der Waals surface area contributed by atoms with Crippen molar-refractivity contribution in [1.29, 1.82) is 5.26 Å². The van der Waals surface area contributed by atoms with Crippen LogP contribution in [0, 0.1) is 18.3 Å². The van der Waals surface area contributed by atoms with Crippen molar-refractivity contribution >= 4 is 0 Å². The van der Waals surface area contributed by atoms with Crippen LogP contribution in [0.25, 0.3) is 0 Å². The normalized spacial score (nSPS) is 29.1. The van der Waals surface area contributed by atoms with Crippen molar-refractivity contribution in [3.05, 3.63) is 34.9 Å². The number of fused-ring (bicyclic) bond motifs is 2. The Balaban J connectivity index is 1.60. The molecule has 0 aliphatic carbocycles. The number of nitrogens with zero attached hydrogens (tertiary/aromatic N) is 2. The number of benzene rings is 1. The SMILES string of the molecule is Cc1cc(C#N)ccc1CNC1CC2CCCC(C1)N2C. The lowest BCUT2D eigenvalue weighted by Gasteiger charge is -2.47. The number of piperidine rings is 2. The highest BCUT2D eigenvalue weighted by molar-refractivity contribution is 5.37. The molecule has 3 rings (SSSR count). The first-order valence-electron chi connectivity index (χ1n) is 8.12. The summed E-state index contributed by atoms with van der Waals surface area (Å²) in [6, 6.07) is 10.4. The van der Waals surface area contributed by atoms with Gasteiger partial charge in [-0.05, 0) is 62.9 Å². The van der Waals surface area contributed by atoms with Gasteiger partial charge >= 0.3 is 0 Å². The van der Waals surface area contributed by atoms with Crippen molar-refractivity contribution in [2.24, 2.45) is 0 Å². The summed E-state index contributed by atoms with van der Waals surface area (Å²) in [6.45, 7) is 3.02. The van der Waals surface area contributed by atoms with Gasteiger partial charge in [-0.2, -0.15) is 5.26 Å². The summed E-state index contributed by atoms with van der Waals surface area (Å²) in [5, 5.41) is 12.7. The molecule has 0 spiro atoms. The quantitative estimate of drug-likeness (QED) is 0.927. The molecule has 2 fully saturated rings. The topological polar surface area (TPSA) is 39.1 Å². The Kier molecular flexibility index (Phi) is 4.28. The molecule has 0 aromatic heterocycles. The molecule has 0 amide bonds. The van der Waals surface area contributed by atoms with Crippen molar-refractivity contribution < 1.29 is 0 Å². The minimum Gasteiger partial charge on any atom is -0.310 e. The largest absolute Gasteiger partial charge is 0.310 e. The molecule has 2 bridgehead atoms. The van der Waals surface area contributed by atoms with Crippen LogP contribution in [-0.4, -0.2) is 30.1 Å². The molecular formula is C18H25N3. The molecule has 21 heavy (non-hydrogen) atoms. The standard InChI is InChI=1S/C18H25N3/c1-13-8-14(11-19)6-7-15(13)12-20-16-9-17-4-3-5-18(10-16)21(17)2/h6-8,16-18,20H,3-5,9-10,12H2,1-2H3. The molecule has 0 radical (unpaired) electrons. The second-order valence-corrected chi connectivity index (χ2v) is 6.71. The maximum atomic E-state index is 8.93. The molecule has 2 saturated heterocycles. The van der Waals surface area contributed by atoms with Gasteiger partial charge in [0.1, 0.15) is 0 Å². The number of aryl methyl sites for hydroxylation is 1. The van der Waals surface area contributed by atoms with E-state index in [1.54, 1.807) is 0 Å². The monoisotopic (exact) mass is 283 g/mol. The van der Waals surface area contributed by atoms with Crippen LogP contribution in [0.1, 0.15) is 48.8 Å². The smallest absolute Gasteiger partial charge is 0.0991 e. The van der Waals surface area contributed by atoms with E-state index >= 15 is 0 Å². The second kappa shape index (κ2) is 6.17. The van der Waals surface area contributed by atoms with E-state index in [-0.39, 0.29) is 0 Å². The molecule has 2 unspecified atom stereocenters. The predicted octanol–water partition coefficient (Wildman–Crippen LogP) is 2.97. The summed E-state index contributed by atoms with van der Waals surface area (Å²) in [5.74, 6) is 0. The van der Waals surface area contributed by atoms with E-state index in [1.807, 2.05) is 12.1 Å². The van der Waals surface area contributed by atoms with Gasteiger partial charge < -0.3 is 10.2 Å². The van der Waals surface area contributed by atoms with Crippen LogP contribution in [0.3, 0.4) is 0 Å². The van der Waals surface area contributed by atoms with E-state index in [9.17, 15) is 0 Å². The zero-order valence-corrected chi connectivity index (χ0v) is 13.1. The summed E-state index contributed by atoms with van der Waals surface area (Å²) < 4.78 is 0. The Hall–Kier alpha value is -1.37. The summed E-state index contributed by atoms with van der Waals surface area (Å²) in [4.78, 5) is 2.61. The van der Waals surface area contributed by atoms with Crippen molar-refractivity contribution in [2.45, 2.75) is 63.7 Å². The molecule has 1 aromatic carbocycles. The molecular weight excluding hydrogens is 258 g/mol. The molecule has 2 atom stereocenters. The molecule has 2 heterocycles. The van der Waals surface area contributed by atoms with Crippen LogP contribution in [-0.2, 0) is 6.54 Å². The first-order chi connectivity index (χ1) is 10.2. The maximum absolute atomic E-state index is 8.93. The maximum Gasteiger partial charge on any atom is 0.0991 e. The Morgan fingerprint density at radius 2 is 2.00 bits per heavy atom. The molecule has 2 aliphatic heterocycles. The van der Waals surface area contributed by atoms with Gasteiger partial charge in [0.25, 0.3) is 0 Å². The Bertz CT molecular complexity index is 532. The molecule has 3 nitrogen and oxygen atoms in total. The van der Waals surface area contributed by atoms with Crippen molar-refractivity contribution in [3.8, 4) is 6.07 Å². The molecule has 0 saturated carbocycles. The summed E-state index contributed by atoms with van der Waals surface area (Å²) in [6.07, 6.45) is 6.69. The first kappa shape index (κ1) is 14.6. The lowest BCUT2D eigenvalue weighted by Crippen LogP contribution is -2.54. The molecule has 1 N–H and O–H groups in total. The average Bonchev–Trinajstić information content (AvgIpc) is 2.46. The second-order valence-electron chi connectivity index (χ2n) is 6.71. The Labute approximate surface area is 128 Å². The van der Waals surface area contributed by atoms with Crippen LogP contribution >= 0.6 is 0 Å². The number of rotatable bonds is 3. The van der Waals surface area contributed by atoms with Gasteiger partial charge in [-0.1, -0.05) is 12.5 Å². The Morgan fingerprint density at radius 3 is 2.62 bits per heavy atom. The van der Waals surface area contributed by atoms with Crippen LogP contribution < -0.4 is 5.32 Å². The van der Waals surface area contributed by atoms with E-state index in [0.717, 1.165) is 24.2 Å². The van der Waals surface area contributed by atoms with Crippen molar-refractivity contribution in [3.63, 3.8) is 0 Å². The summed E-state index contributed by atoms with van der Waals surface area (Å²) in [5.41, 5.74) is 3.29. The third-order valence-electron chi connectivity index (χ3n) is 5.39. The minimum absolute atomic E-state index is 0.645. The third kappa shape index (κ3) is 3.12.